The SMILES string of the molecule is CS(=O)(=O)NCCC(=O)N[C@H]1CN(C2CCOCC2)C[C@@H]1C1CC1. The van der Waals surface area contributed by atoms with Gasteiger partial charge in [0, 0.05) is 51.4 Å². The van der Waals surface area contributed by atoms with Crippen LogP contribution in [0, 0.1) is 11.8 Å². The molecule has 3 fully saturated rings. The Morgan fingerprint density at radius 3 is 2.50 bits per heavy atom. The zero-order valence-corrected chi connectivity index (χ0v) is 15.2. The average molecular weight is 359 g/mol. The van der Waals surface area contributed by atoms with Gasteiger partial charge in [0.05, 0.1) is 6.26 Å². The van der Waals surface area contributed by atoms with Crippen molar-refractivity contribution in [3.63, 3.8) is 0 Å². The van der Waals surface area contributed by atoms with Crippen molar-refractivity contribution in [1.29, 1.82) is 0 Å². The summed E-state index contributed by atoms with van der Waals surface area (Å²) in [5.41, 5.74) is 0. The molecule has 2 saturated heterocycles. The van der Waals surface area contributed by atoms with E-state index in [1.807, 2.05) is 0 Å². The minimum absolute atomic E-state index is 0.0596. The molecule has 0 aromatic rings. The first-order valence-electron chi connectivity index (χ1n) is 8.98. The molecule has 0 unspecified atom stereocenters. The van der Waals surface area contributed by atoms with E-state index in [1.54, 1.807) is 0 Å². The van der Waals surface area contributed by atoms with Crippen molar-refractivity contribution in [3.05, 3.63) is 0 Å². The number of likely N-dealkylation sites (tertiary alicyclic amines) is 1. The van der Waals surface area contributed by atoms with Gasteiger partial charge >= 0.3 is 0 Å². The average Bonchev–Trinajstić information content (AvgIpc) is 3.28. The Morgan fingerprint density at radius 2 is 1.88 bits per heavy atom. The van der Waals surface area contributed by atoms with Crippen LogP contribution >= 0.6 is 0 Å². The van der Waals surface area contributed by atoms with Gasteiger partial charge in [-0.15, -0.1) is 0 Å². The predicted molar refractivity (Wildman–Crippen MR) is 91.0 cm³/mol. The summed E-state index contributed by atoms with van der Waals surface area (Å²) in [4.78, 5) is 14.7. The van der Waals surface area contributed by atoms with Gasteiger partial charge in [-0.25, -0.2) is 13.1 Å². The van der Waals surface area contributed by atoms with Crippen molar-refractivity contribution < 1.29 is 17.9 Å². The van der Waals surface area contributed by atoms with Crippen LogP contribution < -0.4 is 10.0 Å². The number of hydrogen-bond acceptors (Lipinski definition) is 5. The van der Waals surface area contributed by atoms with Gasteiger partial charge < -0.3 is 10.1 Å². The van der Waals surface area contributed by atoms with Gasteiger partial charge in [0.25, 0.3) is 0 Å². The van der Waals surface area contributed by atoms with Crippen molar-refractivity contribution in [2.75, 3.05) is 39.1 Å². The third-order valence-electron chi connectivity index (χ3n) is 5.39. The van der Waals surface area contributed by atoms with Crippen LogP contribution in [-0.2, 0) is 19.6 Å². The summed E-state index contributed by atoms with van der Waals surface area (Å²) in [6, 6.07) is 0.778. The van der Waals surface area contributed by atoms with Gasteiger partial charge in [-0.2, -0.15) is 0 Å². The highest BCUT2D eigenvalue weighted by molar-refractivity contribution is 7.88. The summed E-state index contributed by atoms with van der Waals surface area (Å²) < 4.78 is 30.0. The molecule has 0 spiro atoms. The van der Waals surface area contributed by atoms with E-state index in [0.29, 0.717) is 12.0 Å². The second-order valence-corrected chi connectivity index (χ2v) is 9.22. The lowest BCUT2D eigenvalue weighted by Gasteiger charge is -2.31. The summed E-state index contributed by atoms with van der Waals surface area (Å²) in [6.45, 7) is 3.82. The Hall–Kier alpha value is -0.700. The molecule has 24 heavy (non-hydrogen) atoms. The lowest BCUT2D eigenvalue weighted by Crippen LogP contribution is -2.43. The Balaban J connectivity index is 1.50. The molecule has 2 heterocycles. The number of rotatable bonds is 7. The highest BCUT2D eigenvalue weighted by atomic mass is 32.2. The van der Waals surface area contributed by atoms with E-state index in [9.17, 15) is 13.2 Å². The molecule has 8 heteroatoms. The maximum absolute atomic E-state index is 12.2. The zero-order chi connectivity index (χ0) is 17.2. The molecule has 1 aliphatic carbocycles. The number of nitrogens with zero attached hydrogens (tertiary/aromatic N) is 1. The summed E-state index contributed by atoms with van der Waals surface area (Å²) in [5, 5.41) is 3.16. The predicted octanol–water partition coefficient (Wildman–Crippen LogP) is -0.0687. The van der Waals surface area contributed by atoms with Crippen LogP contribution in [0.2, 0.25) is 0 Å². The van der Waals surface area contributed by atoms with Gasteiger partial charge in [0.1, 0.15) is 0 Å². The summed E-state index contributed by atoms with van der Waals surface area (Å²) in [6.07, 6.45) is 6.00. The Kier molecular flexibility index (Phi) is 5.79. The monoisotopic (exact) mass is 359 g/mol. The maximum atomic E-state index is 12.2. The van der Waals surface area contributed by atoms with Crippen molar-refractivity contribution in [2.45, 2.75) is 44.2 Å². The maximum Gasteiger partial charge on any atom is 0.221 e. The zero-order valence-electron chi connectivity index (χ0n) is 14.4. The molecular weight excluding hydrogens is 330 g/mol. The topological polar surface area (TPSA) is 87.7 Å². The van der Waals surface area contributed by atoms with E-state index in [-0.39, 0.29) is 24.9 Å². The first-order valence-corrected chi connectivity index (χ1v) is 10.9. The molecule has 7 nitrogen and oxygen atoms in total. The van der Waals surface area contributed by atoms with Crippen molar-refractivity contribution in [2.24, 2.45) is 11.8 Å². The molecule has 3 rings (SSSR count). The highest BCUT2D eigenvalue weighted by Crippen LogP contribution is 2.42. The fourth-order valence-electron chi connectivity index (χ4n) is 3.99. The molecule has 3 aliphatic rings. The first-order chi connectivity index (χ1) is 11.4. The normalized spacial score (nSPS) is 29.7. The van der Waals surface area contributed by atoms with Crippen LogP contribution in [0.4, 0.5) is 0 Å². The van der Waals surface area contributed by atoms with Gasteiger partial charge in [-0.05, 0) is 37.5 Å². The van der Waals surface area contributed by atoms with Crippen LogP contribution in [0.3, 0.4) is 0 Å². The Bertz CT molecular complexity index is 544. The minimum Gasteiger partial charge on any atom is -0.381 e. The van der Waals surface area contributed by atoms with E-state index >= 15 is 0 Å². The first kappa shape index (κ1) is 18.1. The van der Waals surface area contributed by atoms with E-state index in [2.05, 4.69) is 14.9 Å². The smallest absolute Gasteiger partial charge is 0.221 e. The fraction of sp³-hybridized carbons (Fsp3) is 0.938. The number of nitrogens with one attached hydrogen (secondary N) is 2. The second-order valence-electron chi connectivity index (χ2n) is 7.39. The molecule has 1 saturated carbocycles. The molecular formula is C16H29N3O4S. The van der Waals surface area contributed by atoms with Crippen molar-refractivity contribution >= 4 is 15.9 Å². The minimum atomic E-state index is -3.23. The number of hydrogen-bond donors (Lipinski definition) is 2. The largest absolute Gasteiger partial charge is 0.381 e. The van der Waals surface area contributed by atoms with Crippen LogP contribution in [0.15, 0.2) is 0 Å². The van der Waals surface area contributed by atoms with Crippen molar-refractivity contribution in [1.82, 2.24) is 14.9 Å². The van der Waals surface area contributed by atoms with Crippen LogP contribution in [0.1, 0.15) is 32.1 Å². The number of carbonyl (C=O) groups is 1. The lowest BCUT2D eigenvalue weighted by molar-refractivity contribution is -0.121. The second kappa shape index (κ2) is 7.68. The number of sulfonamides is 1. The summed E-state index contributed by atoms with van der Waals surface area (Å²) >= 11 is 0. The molecule has 138 valence electrons. The molecule has 0 bridgehead atoms. The van der Waals surface area contributed by atoms with Gasteiger partial charge in [-0.3, -0.25) is 9.69 Å². The third kappa shape index (κ3) is 5.15. The van der Waals surface area contributed by atoms with E-state index in [1.165, 1.54) is 12.8 Å². The Labute approximate surface area is 144 Å². The number of carbonyl (C=O) groups excluding carboxylic acids is 1. The van der Waals surface area contributed by atoms with E-state index in [0.717, 1.165) is 51.3 Å². The molecule has 1 amide bonds. The molecule has 0 aromatic carbocycles. The molecule has 2 N–H and O–H groups in total. The third-order valence-corrected chi connectivity index (χ3v) is 6.12. The van der Waals surface area contributed by atoms with Crippen LogP contribution in [0.5, 0.6) is 0 Å². The quantitative estimate of drug-likeness (QED) is 0.664. The highest BCUT2D eigenvalue weighted by Gasteiger charge is 2.44. The molecule has 0 aromatic heterocycles. The summed E-state index contributed by atoms with van der Waals surface area (Å²) in [5.74, 6) is 1.23. The molecule has 2 aliphatic heterocycles. The molecule has 2 atom stereocenters. The fourth-order valence-corrected chi connectivity index (χ4v) is 4.47. The van der Waals surface area contributed by atoms with Crippen LogP contribution in [-0.4, -0.2) is 70.4 Å². The van der Waals surface area contributed by atoms with Gasteiger partial charge in [0.2, 0.25) is 15.9 Å². The van der Waals surface area contributed by atoms with Crippen molar-refractivity contribution in [3.8, 4) is 0 Å². The standard InChI is InChI=1S/C16H29N3O4S/c1-24(21,22)17-7-4-16(20)18-15-11-19(10-14(15)12-2-3-12)13-5-8-23-9-6-13/h12-15,17H,2-11H2,1H3,(H,18,20)/t14-,15+/m1/s1. The van der Waals surface area contributed by atoms with Gasteiger partial charge in [0.15, 0.2) is 0 Å². The number of ether oxygens (including phenoxy) is 1. The molecule has 0 radical (unpaired) electrons. The van der Waals surface area contributed by atoms with E-state index in [4.69, 9.17) is 4.74 Å². The van der Waals surface area contributed by atoms with E-state index < -0.39 is 10.0 Å². The Morgan fingerprint density at radius 1 is 1.17 bits per heavy atom. The lowest BCUT2D eigenvalue weighted by atomic mass is 9.98. The number of amides is 1. The van der Waals surface area contributed by atoms with Gasteiger partial charge in [-0.1, -0.05) is 0 Å². The van der Waals surface area contributed by atoms with Crippen LogP contribution in [0.25, 0.3) is 0 Å². The summed E-state index contributed by atoms with van der Waals surface area (Å²) in [7, 11) is -3.23.